The van der Waals surface area contributed by atoms with Crippen LogP contribution in [0.25, 0.3) is 0 Å². The minimum absolute atomic E-state index is 0.0622. The predicted octanol–water partition coefficient (Wildman–Crippen LogP) is 2.33. The van der Waals surface area contributed by atoms with Crippen molar-refractivity contribution < 1.29 is 4.79 Å². The molecule has 0 fully saturated rings. The summed E-state index contributed by atoms with van der Waals surface area (Å²) in [6.45, 7) is 2.02. The first-order valence-electron chi connectivity index (χ1n) is 6.22. The van der Waals surface area contributed by atoms with Gasteiger partial charge in [-0.2, -0.15) is 11.8 Å². The number of carbonyl (C=O) groups excluding carboxylic acids is 1. The van der Waals surface area contributed by atoms with E-state index in [9.17, 15) is 4.79 Å². The van der Waals surface area contributed by atoms with Crippen molar-refractivity contribution in [2.45, 2.75) is 31.8 Å². The van der Waals surface area contributed by atoms with Crippen molar-refractivity contribution in [1.82, 2.24) is 5.32 Å². The van der Waals surface area contributed by atoms with Crippen LogP contribution in [0.1, 0.15) is 31.4 Å². The molecule has 0 heterocycles. The first-order chi connectivity index (χ1) is 8.63. The van der Waals surface area contributed by atoms with Gasteiger partial charge in [-0.1, -0.05) is 30.3 Å². The van der Waals surface area contributed by atoms with Crippen LogP contribution >= 0.6 is 11.8 Å². The van der Waals surface area contributed by atoms with E-state index in [1.807, 2.05) is 43.5 Å². The van der Waals surface area contributed by atoms with E-state index in [0.29, 0.717) is 12.8 Å². The highest BCUT2D eigenvalue weighted by Gasteiger charge is 2.10. The Hall–Kier alpha value is -1.00. The summed E-state index contributed by atoms with van der Waals surface area (Å²) in [5, 5.41) is 2.97. The SMILES string of the molecule is CSCC(C)NC(=O)CCC(N)c1ccccc1. The van der Waals surface area contributed by atoms with Gasteiger partial charge in [0.1, 0.15) is 0 Å². The van der Waals surface area contributed by atoms with Crippen LogP contribution in [0.5, 0.6) is 0 Å². The van der Waals surface area contributed by atoms with Crippen molar-refractivity contribution in [3.8, 4) is 0 Å². The third-order valence-corrected chi connectivity index (χ3v) is 3.57. The largest absolute Gasteiger partial charge is 0.353 e. The number of nitrogens with one attached hydrogen (secondary N) is 1. The topological polar surface area (TPSA) is 55.1 Å². The second-order valence-corrected chi connectivity index (χ2v) is 5.39. The van der Waals surface area contributed by atoms with Crippen molar-refractivity contribution in [3.05, 3.63) is 35.9 Å². The van der Waals surface area contributed by atoms with Gasteiger partial charge in [-0.15, -0.1) is 0 Å². The highest BCUT2D eigenvalue weighted by molar-refractivity contribution is 7.98. The molecule has 100 valence electrons. The van der Waals surface area contributed by atoms with Crippen LogP contribution in [0.2, 0.25) is 0 Å². The molecule has 0 aliphatic rings. The number of rotatable bonds is 7. The summed E-state index contributed by atoms with van der Waals surface area (Å²) in [5.41, 5.74) is 7.13. The van der Waals surface area contributed by atoms with Gasteiger partial charge in [-0.05, 0) is 25.2 Å². The summed E-state index contributed by atoms with van der Waals surface area (Å²) < 4.78 is 0. The molecule has 0 saturated heterocycles. The summed E-state index contributed by atoms with van der Waals surface area (Å²) in [7, 11) is 0. The number of carbonyl (C=O) groups is 1. The molecule has 2 unspecified atom stereocenters. The lowest BCUT2D eigenvalue weighted by Gasteiger charge is -2.14. The van der Waals surface area contributed by atoms with Crippen molar-refractivity contribution in [3.63, 3.8) is 0 Å². The van der Waals surface area contributed by atoms with Gasteiger partial charge in [-0.25, -0.2) is 0 Å². The monoisotopic (exact) mass is 266 g/mol. The quantitative estimate of drug-likeness (QED) is 0.796. The van der Waals surface area contributed by atoms with Gasteiger partial charge in [0, 0.05) is 24.3 Å². The maximum atomic E-state index is 11.7. The number of hydrogen-bond donors (Lipinski definition) is 2. The fourth-order valence-electron chi connectivity index (χ4n) is 1.79. The molecule has 3 N–H and O–H groups in total. The molecule has 1 aromatic carbocycles. The molecule has 0 aliphatic carbocycles. The van der Waals surface area contributed by atoms with E-state index in [2.05, 4.69) is 5.32 Å². The number of amides is 1. The van der Waals surface area contributed by atoms with Crippen LogP contribution in [-0.2, 0) is 4.79 Å². The average molecular weight is 266 g/mol. The minimum Gasteiger partial charge on any atom is -0.353 e. The maximum Gasteiger partial charge on any atom is 0.220 e. The lowest BCUT2D eigenvalue weighted by Crippen LogP contribution is -2.34. The predicted molar refractivity (Wildman–Crippen MR) is 78.6 cm³/mol. The lowest BCUT2D eigenvalue weighted by molar-refractivity contribution is -0.121. The molecular weight excluding hydrogens is 244 g/mol. The van der Waals surface area contributed by atoms with E-state index < -0.39 is 0 Å². The molecule has 0 saturated carbocycles. The Balaban J connectivity index is 2.30. The number of nitrogens with two attached hydrogens (primary N) is 1. The summed E-state index contributed by atoms with van der Waals surface area (Å²) in [4.78, 5) is 11.7. The number of benzene rings is 1. The Morgan fingerprint density at radius 2 is 2.06 bits per heavy atom. The van der Waals surface area contributed by atoms with Crippen LogP contribution < -0.4 is 11.1 Å². The number of hydrogen-bond acceptors (Lipinski definition) is 3. The van der Waals surface area contributed by atoms with Gasteiger partial charge in [0.15, 0.2) is 0 Å². The lowest BCUT2D eigenvalue weighted by atomic mass is 10.0. The van der Waals surface area contributed by atoms with Crippen LogP contribution in [-0.4, -0.2) is 24.0 Å². The molecule has 0 aromatic heterocycles. The summed E-state index contributed by atoms with van der Waals surface area (Å²) in [6.07, 6.45) is 3.20. The molecule has 0 spiro atoms. The molecule has 0 bridgehead atoms. The van der Waals surface area contributed by atoms with E-state index in [-0.39, 0.29) is 18.0 Å². The zero-order valence-corrected chi connectivity index (χ0v) is 11.9. The smallest absolute Gasteiger partial charge is 0.220 e. The highest BCUT2D eigenvalue weighted by Crippen LogP contribution is 2.14. The van der Waals surface area contributed by atoms with E-state index in [1.165, 1.54) is 0 Å². The van der Waals surface area contributed by atoms with Crippen molar-refractivity contribution in [2.75, 3.05) is 12.0 Å². The van der Waals surface area contributed by atoms with Gasteiger partial charge in [0.05, 0.1) is 0 Å². The summed E-state index contributed by atoms with van der Waals surface area (Å²) in [6, 6.07) is 10.1. The van der Waals surface area contributed by atoms with Gasteiger partial charge >= 0.3 is 0 Å². The molecule has 18 heavy (non-hydrogen) atoms. The van der Waals surface area contributed by atoms with E-state index >= 15 is 0 Å². The second kappa shape index (κ2) is 8.16. The Kier molecular flexibility index (Phi) is 6.83. The van der Waals surface area contributed by atoms with Crippen LogP contribution in [0.15, 0.2) is 30.3 Å². The Morgan fingerprint density at radius 3 is 2.67 bits per heavy atom. The highest BCUT2D eigenvalue weighted by atomic mass is 32.2. The Morgan fingerprint density at radius 1 is 1.39 bits per heavy atom. The second-order valence-electron chi connectivity index (χ2n) is 4.48. The van der Waals surface area contributed by atoms with Crippen molar-refractivity contribution >= 4 is 17.7 Å². The van der Waals surface area contributed by atoms with E-state index in [4.69, 9.17) is 5.73 Å². The summed E-state index contributed by atoms with van der Waals surface area (Å²) in [5.74, 6) is 1.03. The normalized spacial score (nSPS) is 13.9. The zero-order valence-electron chi connectivity index (χ0n) is 11.1. The third kappa shape index (κ3) is 5.56. The molecule has 2 atom stereocenters. The van der Waals surface area contributed by atoms with Crippen molar-refractivity contribution in [2.24, 2.45) is 5.73 Å². The van der Waals surface area contributed by atoms with Gasteiger partial charge in [0.25, 0.3) is 0 Å². The van der Waals surface area contributed by atoms with Gasteiger partial charge in [-0.3, -0.25) is 4.79 Å². The van der Waals surface area contributed by atoms with Crippen LogP contribution in [0.3, 0.4) is 0 Å². The fraction of sp³-hybridized carbons (Fsp3) is 0.500. The standard InChI is InChI=1S/C14H22N2OS/c1-11(10-18-2)16-14(17)9-8-13(15)12-6-4-3-5-7-12/h3-7,11,13H,8-10,15H2,1-2H3,(H,16,17). The molecular formula is C14H22N2OS. The average Bonchev–Trinajstić information content (AvgIpc) is 2.37. The van der Waals surface area contributed by atoms with E-state index in [1.54, 1.807) is 11.8 Å². The minimum atomic E-state index is -0.0622. The summed E-state index contributed by atoms with van der Waals surface area (Å²) >= 11 is 1.73. The fourth-order valence-corrected chi connectivity index (χ4v) is 2.38. The maximum absolute atomic E-state index is 11.7. The van der Waals surface area contributed by atoms with Crippen molar-refractivity contribution in [1.29, 1.82) is 0 Å². The molecule has 4 heteroatoms. The number of thioether (sulfide) groups is 1. The third-order valence-electron chi connectivity index (χ3n) is 2.73. The molecule has 1 rings (SSSR count). The van der Waals surface area contributed by atoms with Gasteiger partial charge in [0.2, 0.25) is 5.91 Å². The van der Waals surface area contributed by atoms with Gasteiger partial charge < -0.3 is 11.1 Å². The molecule has 1 aromatic rings. The van der Waals surface area contributed by atoms with E-state index in [0.717, 1.165) is 11.3 Å². The molecule has 1 amide bonds. The molecule has 3 nitrogen and oxygen atoms in total. The van der Waals surface area contributed by atoms with Crippen LogP contribution in [0.4, 0.5) is 0 Å². The molecule has 0 radical (unpaired) electrons. The zero-order chi connectivity index (χ0) is 13.4. The first-order valence-corrected chi connectivity index (χ1v) is 7.61. The Labute approximate surface area is 114 Å². The van der Waals surface area contributed by atoms with Crippen LogP contribution in [0, 0.1) is 0 Å². The first kappa shape index (κ1) is 15.1. The molecule has 0 aliphatic heterocycles. The Bertz CT molecular complexity index is 356.